The maximum absolute atomic E-state index is 4.41. The van der Waals surface area contributed by atoms with Gasteiger partial charge in [0.05, 0.1) is 0 Å². The number of aromatic nitrogens is 4. The van der Waals surface area contributed by atoms with Crippen LogP contribution in [0, 0.1) is 0 Å². The lowest BCUT2D eigenvalue weighted by Gasteiger charge is -2.09. The van der Waals surface area contributed by atoms with Gasteiger partial charge < -0.3 is 0 Å². The summed E-state index contributed by atoms with van der Waals surface area (Å²) in [7, 11) is 0. The molecule has 4 nitrogen and oxygen atoms in total. The van der Waals surface area contributed by atoms with E-state index in [1.807, 2.05) is 12.4 Å². The number of hydrogen-bond acceptors (Lipinski definition) is 3. The van der Waals surface area contributed by atoms with Gasteiger partial charge in [0.1, 0.15) is 18.0 Å². The van der Waals surface area contributed by atoms with Gasteiger partial charge >= 0.3 is 0 Å². The fraction of sp³-hybridized carbons (Fsp3) is 0.417. The lowest BCUT2D eigenvalue weighted by Crippen LogP contribution is -2.06. The van der Waals surface area contributed by atoms with Crippen LogP contribution in [0.4, 0.5) is 0 Å². The van der Waals surface area contributed by atoms with E-state index in [4.69, 9.17) is 0 Å². The van der Waals surface area contributed by atoms with Gasteiger partial charge in [-0.2, -0.15) is 0 Å². The van der Waals surface area contributed by atoms with Gasteiger partial charge in [0.2, 0.25) is 0 Å². The molecule has 0 atom stereocenters. The average molecular weight is 214 g/mol. The smallest absolute Gasteiger partial charge is 0.144 e. The van der Waals surface area contributed by atoms with Crippen molar-refractivity contribution in [3.63, 3.8) is 0 Å². The van der Waals surface area contributed by atoms with Crippen LogP contribution in [0.15, 0.2) is 18.7 Å². The summed E-state index contributed by atoms with van der Waals surface area (Å²) in [5.41, 5.74) is 2.51. The molecule has 16 heavy (non-hydrogen) atoms. The van der Waals surface area contributed by atoms with Crippen molar-refractivity contribution in [1.82, 2.24) is 19.5 Å². The molecule has 0 amide bonds. The van der Waals surface area contributed by atoms with Crippen molar-refractivity contribution in [3.8, 4) is 5.82 Å². The summed E-state index contributed by atoms with van der Waals surface area (Å²) >= 11 is 0. The highest BCUT2D eigenvalue weighted by Crippen LogP contribution is 2.24. The van der Waals surface area contributed by atoms with E-state index in [-0.39, 0.29) is 0 Å². The van der Waals surface area contributed by atoms with Crippen LogP contribution in [-0.4, -0.2) is 19.5 Å². The first-order valence-corrected chi connectivity index (χ1v) is 5.75. The molecule has 0 saturated carbocycles. The van der Waals surface area contributed by atoms with Gasteiger partial charge in [-0.1, -0.05) is 6.92 Å². The van der Waals surface area contributed by atoms with Crippen molar-refractivity contribution in [2.75, 3.05) is 0 Å². The van der Waals surface area contributed by atoms with E-state index in [9.17, 15) is 0 Å². The van der Waals surface area contributed by atoms with E-state index >= 15 is 0 Å². The normalized spacial score (nSPS) is 14.1. The Bertz CT molecular complexity index is 515. The van der Waals surface area contributed by atoms with Crippen LogP contribution in [0.3, 0.4) is 0 Å². The summed E-state index contributed by atoms with van der Waals surface area (Å²) in [5.74, 6) is 2.09. The molecular formula is C12H14N4. The van der Waals surface area contributed by atoms with Crippen molar-refractivity contribution < 1.29 is 0 Å². The average Bonchev–Trinajstić information content (AvgIpc) is 2.96. The second kappa shape index (κ2) is 3.70. The minimum atomic E-state index is 0.922. The molecule has 0 fully saturated rings. The largest absolute Gasteiger partial charge is 0.288 e. The summed E-state index contributed by atoms with van der Waals surface area (Å²) in [6.45, 7) is 2.11. The van der Waals surface area contributed by atoms with Crippen LogP contribution in [0.1, 0.15) is 30.4 Å². The molecule has 0 saturated heterocycles. The molecule has 0 spiro atoms. The molecule has 0 aliphatic heterocycles. The van der Waals surface area contributed by atoms with E-state index in [0.29, 0.717) is 0 Å². The third-order valence-corrected chi connectivity index (χ3v) is 3.11. The maximum Gasteiger partial charge on any atom is 0.144 e. The minimum Gasteiger partial charge on any atom is -0.288 e. The molecule has 1 aliphatic carbocycles. The van der Waals surface area contributed by atoms with Crippen LogP contribution in [0.25, 0.3) is 5.82 Å². The fourth-order valence-corrected chi connectivity index (χ4v) is 2.34. The third-order valence-electron chi connectivity index (χ3n) is 3.11. The van der Waals surface area contributed by atoms with Gasteiger partial charge in [0.15, 0.2) is 0 Å². The topological polar surface area (TPSA) is 43.6 Å². The van der Waals surface area contributed by atoms with Gasteiger partial charge in [0, 0.05) is 30.1 Å². The maximum atomic E-state index is 4.41. The predicted octanol–water partition coefficient (Wildman–Crippen LogP) is 1.71. The van der Waals surface area contributed by atoms with Crippen molar-refractivity contribution in [3.05, 3.63) is 35.8 Å². The molecule has 3 rings (SSSR count). The number of imidazole rings is 1. The molecule has 0 unspecified atom stereocenters. The van der Waals surface area contributed by atoms with E-state index < -0.39 is 0 Å². The van der Waals surface area contributed by atoms with E-state index in [0.717, 1.165) is 30.9 Å². The standard InChI is InChI=1S/C12H14N4/c1-2-11-13-6-7-16(11)12-9-4-3-5-10(9)14-8-15-12/h6-8H,2-5H2,1H3. The zero-order valence-corrected chi connectivity index (χ0v) is 9.35. The number of hydrogen-bond donors (Lipinski definition) is 0. The van der Waals surface area contributed by atoms with Gasteiger partial charge in [-0.15, -0.1) is 0 Å². The highest BCUT2D eigenvalue weighted by atomic mass is 15.1. The molecule has 0 bridgehead atoms. The Hall–Kier alpha value is -1.71. The second-order valence-electron chi connectivity index (χ2n) is 4.04. The Morgan fingerprint density at radius 3 is 3.06 bits per heavy atom. The van der Waals surface area contributed by atoms with Crippen LogP contribution in [-0.2, 0) is 19.3 Å². The first-order valence-electron chi connectivity index (χ1n) is 5.75. The van der Waals surface area contributed by atoms with E-state index in [1.54, 1.807) is 6.33 Å². The second-order valence-corrected chi connectivity index (χ2v) is 4.04. The molecule has 2 aromatic rings. The zero-order chi connectivity index (χ0) is 11.0. The quantitative estimate of drug-likeness (QED) is 0.764. The number of nitrogens with zero attached hydrogens (tertiary/aromatic N) is 4. The first kappa shape index (κ1) is 9.51. The van der Waals surface area contributed by atoms with Crippen LogP contribution in [0.5, 0.6) is 0 Å². The number of aryl methyl sites for hydroxylation is 2. The molecule has 2 aromatic heterocycles. The zero-order valence-electron chi connectivity index (χ0n) is 9.35. The monoisotopic (exact) mass is 214 g/mol. The summed E-state index contributed by atoms with van der Waals surface area (Å²) in [6, 6.07) is 0. The molecule has 1 aliphatic rings. The van der Waals surface area contributed by atoms with Crippen molar-refractivity contribution in [2.45, 2.75) is 32.6 Å². The van der Waals surface area contributed by atoms with Gasteiger partial charge in [-0.05, 0) is 19.3 Å². The van der Waals surface area contributed by atoms with Crippen molar-refractivity contribution in [2.24, 2.45) is 0 Å². The predicted molar refractivity (Wildman–Crippen MR) is 60.6 cm³/mol. The van der Waals surface area contributed by atoms with Gasteiger partial charge in [-0.3, -0.25) is 4.57 Å². The molecule has 4 heteroatoms. The third kappa shape index (κ3) is 1.33. The van der Waals surface area contributed by atoms with Crippen LogP contribution in [0.2, 0.25) is 0 Å². The molecular weight excluding hydrogens is 200 g/mol. The Morgan fingerprint density at radius 1 is 1.25 bits per heavy atom. The van der Waals surface area contributed by atoms with E-state index in [2.05, 4.69) is 26.4 Å². The van der Waals surface area contributed by atoms with Crippen molar-refractivity contribution >= 4 is 0 Å². The van der Waals surface area contributed by atoms with Gasteiger partial charge in [0.25, 0.3) is 0 Å². The van der Waals surface area contributed by atoms with Gasteiger partial charge in [-0.25, -0.2) is 15.0 Å². The van der Waals surface area contributed by atoms with Crippen LogP contribution < -0.4 is 0 Å². The lowest BCUT2D eigenvalue weighted by atomic mass is 10.2. The van der Waals surface area contributed by atoms with E-state index in [1.165, 1.54) is 17.7 Å². The summed E-state index contributed by atoms with van der Waals surface area (Å²) < 4.78 is 2.09. The minimum absolute atomic E-state index is 0.922. The Morgan fingerprint density at radius 2 is 2.19 bits per heavy atom. The molecule has 0 aromatic carbocycles. The van der Waals surface area contributed by atoms with Crippen LogP contribution >= 0.6 is 0 Å². The number of fused-ring (bicyclic) bond motifs is 1. The lowest BCUT2D eigenvalue weighted by molar-refractivity contribution is 0.843. The molecule has 0 N–H and O–H groups in total. The molecule has 2 heterocycles. The Kier molecular flexibility index (Phi) is 2.20. The Balaban J connectivity index is 2.17. The highest BCUT2D eigenvalue weighted by molar-refractivity contribution is 5.40. The highest BCUT2D eigenvalue weighted by Gasteiger charge is 2.18. The first-order chi connectivity index (χ1) is 7.90. The molecule has 82 valence electrons. The fourth-order valence-electron chi connectivity index (χ4n) is 2.34. The SMILES string of the molecule is CCc1nccn1-c1ncnc2c1CCC2. The van der Waals surface area contributed by atoms with Crippen molar-refractivity contribution in [1.29, 1.82) is 0 Å². The number of rotatable bonds is 2. The summed E-state index contributed by atoms with van der Waals surface area (Å²) in [6.07, 6.45) is 9.78. The summed E-state index contributed by atoms with van der Waals surface area (Å²) in [5, 5.41) is 0. The molecule has 0 radical (unpaired) electrons. The summed E-state index contributed by atoms with van der Waals surface area (Å²) in [4.78, 5) is 13.1. The Labute approximate surface area is 94.4 Å².